The van der Waals surface area contributed by atoms with Gasteiger partial charge < -0.3 is 5.32 Å². The third kappa shape index (κ3) is 2.22. The average molecular weight is 208 g/mol. The molecule has 1 heterocycles. The number of aromatic nitrogens is 1. The van der Waals surface area contributed by atoms with Crippen LogP contribution in [0.5, 0.6) is 0 Å². The monoisotopic (exact) mass is 208 g/mol. The topological polar surface area (TPSA) is 24.9 Å². The quantitative estimate of drug-likeness (QED) is 0.606. The van der Waals surface area contributed by atoms with Crippen LogP contribution >= 0.6 is 11.3 Å². The second-order valence-corrected chi connectivity index (χ2v) is 4.77. The Morgan fingerprint density at radius 2 is 2.29 bits per heavy atom. The number of thiazole rings is 1. The van der Waals surface area contributed by atoms with Gasteiger partial charge in [0.1, 0.15) is 5.01 Å². The Morgan fingerprint density at radius 3 is 3.07 bits per heavy atom. The molecule has 0 saturated heterocycles. The predicted octanol–water partition coefficient (Wildman–Crippen LogP) is 2.30. The van der Waals surface area contributed by atoms with E-state index in [0.29, 0.717) is 0 Å². The lowest BCUT2D eigenvalue weighted by molar-refractivity contribution is 0.676. The highest BCUT2D eigenvalue weighted by Gasteiger charge is 2.14. The van der Waals surface area contributed by atoms with E-state index < -0.39 is 0 Å². The van der Waals surface area contributed by atoms with Crippen LogP contribution in [-0.2, 0) is 19.4 Å². The minimum atomic E-state index is 0.865. The van der Waals surface area contributed by atoms with Crippen molar-refractivity contribution in [2.45, 2.75) is 32.2 Å². The molecule has 0 aromatic carbocycles. The fourth-order valence-corrected chi connectivity index (χ4v) is 2.89. The van der Waals surface area contributed by atoms with Gasteiger partial charge in [-0.1, -0.05) is 6.08 Å². The number of nitrogens with one attached hydrogen (secondary N) is 1. The zero-order valence-corrected chi connectivity index (χ0v) is 9.20. The highest BCUT2D eigenvalue weighted by atomic mass is 32.1. The lowest BCUT2D eigenvalue weighted by Gasteiger charge is -2.06. The van der Waals surface area contributed by atoms with Gasteiger partial charge in [-0.15, -0.1) is 17.9 Å². The number of aryl methyl sites for hydroxylation is 2. The Kier molecular flexibility index (Phi) is 3.32. The molecule has 1 N–H and O–H groups in total. The third-order valence-corrected chi connectivity index (χ3v) is 3.61. The maximum absolute atomic E-state index is 4.64. The first kappa shape index (κ1) is 9.87. The molecule has 0 atom stereocenters. The molecule has 0 saturated carbocycles. The summed E-state index contributed by atoms with van der Waals surface area (Å²) in [5, 5.41) is 4.53. The summed E-state index contributed by atoms with van der Waals surface area (Å²) in [6, 6.07) is 0. The van der Waals surface area contributed by atoms with Crippen molar-refractivity contribution in [2.75, 3.05) is 6.54 Å². The normalized spacial score (nSPS) is 15.1. The number of fused-ring (bicyclic) bond motifs is 1. The Labute approximate surface area is 89.1 Å². The third-order valence-electron chi connectivity index (χ3n) is 2.45. The smallest absolute Gasteiger partial charge is 0.107 e. The van der Waals surface area contributed by atoms with Gasteiger partial charge in [-0.05, 0) is 25.7 Å². The van der Waals surface area contributed by atoms with Crippen LogP contribution < -0.4 is 5.32 Å². The van der Waals surface area contributed by atoms with Crippen molar-refractivity contribution in [1.82, 2.24) is 10.3 Å². The average Bonchev–Trinajstić information content (AvgIpc) is 2.60. The van der Waals surface area contributed by atoms with Crippen molar-refractivity contribution in [3.05, 3.63) is 28.2 Å². The summed E-state index contributed by atoms with van der Waals surface area (Å²) in [5.41, 5.74) is 1.36. The number of hydrogen-bond acceptors (Lipinski definition) is 3. The van der Waals surface area contributed by atoms with Crippen molar-refractivity contribution < 1.29 is 0 Å². The van der Waals surface area contributed by atoms with Crippen molar-refractivity contribution in [1.29, 1.82) is 0 Å². The second kappa shape index (κ2) is 4.71. The van der Waals surface area contributed by atoms with E-state index in [1.54, 1.807) is 0 Å². The highest BCUT2D eigenvalue weighted by Crippen LogP contribution is 2.26. The summed E-state index contributed by atoms with van der Waals surface area (Å²) in [6.45, 7) is 5.44. The fourth-order valence-electron chi connectivity index (χ4n) is 1.76. The van der Waals surface area contributed by atoms with E-state index in [4.69, 9.17) is 0 Å². The van der Waals surface area contributed by atoms with Crippen LogP contribution in [0.4, 0.5) is 0 Å². The maximum Gasteiger partial charge on any atom is 0.107 e. The van der Waals surface area contributed by atoms with Crippen molar-refractivity contribution in [2.24, 2.45) is 0 Å². The standard InChI is InChI=1S/C11H16N2S/c1-2-7-12-8-11-13-9-5-3-4-6-10(9)14-11/h2,12H,1,3-8H2. The van der Waals surface area contributed by atoms with Crippen LogP contribution in [0.25, 0.3) is 0 Å². The molecule has 2 rings (SSSR count). The van der Waals surface area contributed by atoms with Gasteiger partial charge in [0.05, 0.1) is 5.69 Å². The lowest BCUT2D eigenvalue weighted by atomic mass is 10.0. The van der Waals surface area contributed by atoms with Gasteiger partial charge in [-0.2, -0.15) is 0 Å². The molecule has 0 spiro atoms. The van der Waals surface area contributed by atoms with Crippen LogP contribution in [0.2, 0.25) is 0 Å². The summed E-state index contributed by atoms with van der Waals surface area (Å²) in [6.07, 6.45) is 6.97. The Bertz CT molecular complexity index is 294. The molecule has 2 nitrogen and oxygen atoms in total. The summed E-state index contributed by atoms with van der Waals surface area (Å²) in [7, 11) is 0. The molecular formula is C11H16N2S. The highest BCUT2D eigenvalue weighted by molar-refractivity contribution is 7.11. The summed E-state index contributed by atoms with van der Waals surface area (Å²) in [4.78, 5) is 6.16. The summed E-state index contributed by atoms with van der Waals surface area (Å²) < 4.78 is 0. The molecule has 14 heavy (non-hydrogen) atoms. The maximum atomic E-state index is 4.64. The van der Waals surface area contributed by atoms with E-state index in [2.05, 4.69) is 16.9 Å². The van der Waals surface area contributed by atoms with Crippen LogP contribution in [0, 0.1) is 0 Å². The summed E-state index contributed by atoms with van der Waals surface area (Å²) in [5.74, 6) is 0. The molecule has 0 bridgehead atoms. The van der Waals surface area contributed by atoms with Gasteiger partial charge in [0.15, 0.2) is 0 Å². The SMILES string of the molecule is C=CCNCc1nc2c(s1)CCCC2. The van der Waals surface area contributed by atoms with Crippen LogP contribution in [0.15, 0.2) is 12.7 Å². The van der Waals surface area contributed by atoms with Gasteiger partial charge in [0, 0.05) is 18.0 Å². The first-order valence-electron chi connectivity index (χ1n) is 5.19. The molecular weight excluding hydrogens is 192 g/mol. The predicted molar refractivity (Wildman–Crippen MR) is 60.7 cm³/mol. The van der Waals surface area contributed by atoms with Crippen molar-refractivity contribution >= 4 is 11.3 Å². The molecule has 0 radical (unpaired) electrons. The minimum absolute atomic E-state index is 0.865. The molecule has 1 aliphatic rings. The molecule has 0 unspecified atom stereocenters. The Morgan fingerprint density at radius 1 is 1.43 bits per heavy atom. The Hall–Kier alpha value is -0.670. The van der Waals surface area contributed by atoms with Gasteiger partial charge in [-0.3, -0.25) is 0 Å². The fraction of sp³-hybridized carbons (Fsp3) is 0.545. The van der Waals surface area contributed by atoms with E-state index in [-0.39, 0.29) is 0 Å². The van der Waals surface area contributed by atoms with Crippen LogP contribution in [0.3, 0.4) is 0 Å². The van der Waals surface area contributed by atoms with Crippen LogP contribution in [-0.4, -0.2) is 11.5 Å². The Balaban J connectivity index is 1.97. The number of rotatable bonds is 4. The van der Waals surface area contributed by atoms with Crippen molar-refractivity contribution in [3.8, 4) is 0 Å². The van der Waals surface area contributed by atoms with Gasteiger partial charge >= 0.3 is 0 Å². The molecule has 0 fully saturated rings. The first-order valence-corrected chi connectivity index (χ1v) is 6.01. The van der Waals surface area contributed by atoms with E-state index in [1.165, 1.54) is 41.3 Å². The van der Waals surface area contributed by atoms with Gasteiger partial charge in [0.2, 0.25) is 0 Å². The lowest BCUT2D eigenvalue weighted by Crippen LogP contribution is -2.12. The van der Waals surface area contributed by atoms with E-state index in [9.17, 15) is 0 Å². The van der Waals surface area contributed by atoms with Gasteiger partial charge in [-0.25, -0.2) is 4.98 Å². The molecule has 1 aliphatic carbocycles. The van der Waals surface area contributed by atoms with E-state index in [0.717, 1.165) is 13.1 Å². The summed E-state index contributed by atoms with van der Waals surface area (Å²) >= 11 is 1.88. The minimum Gasteiger partial charge on any atom is -0.307 e. The van der Waals surface area contributed by atoms with E-state index in [1.807, 2.05) is 17.4 Å². The number of nitrogens with zero attached hydrogens (tertiary/aromatic N) is 1. The molecule has 0 amide bonds. The first-order chi connectivity index (χ1) is 6.90. The zero-order chi connectivity index (χ0) is 9.80. The molecule has 1 aromatic rings. The molecule has 76 valence electrons. The van der Waals surface area contributed by atoms with E-state index >= 15 is 0 Å². The number of hydrogen-bond donors (Lipinski definition) is 1. The van der Waals surface area contributed by atoms with Crippen molar-refractivity contribution in [3.63, 3.8) is 0 Å². The molecule has 1 aromatic heterocycles. The largest absolute Gasteiger partial charge is 0.307 e. The zero-order valence-electron chi connectivity index (χ0n) is 8.38. The molecule has 3 heteroatoms. The molecule has 0 aliphatic heterocycles. The van der Waals surface area contributed by atoms with Crippen LogP contribution in [0.1, 0.15) is 28.4 Å². The second-order valence-electron chi connectivity index (χ2n) is 3.60. The van der Waals surface area contributed by atoms with Gasteiger partial charge in [0.25, 0.3) is 0 Å².